The van der Waals surface area contributed by atoms with E-state index in [2.05, 4.69) is 27.6 Å². The Labute approximate surface area is 158 Å². The molecule has 1 atom stereocenters. The number of benzene rings is 1. The fraction of sp³-hybridized carbons (Fsp3) is 0.474. The van der Waals surface area contributed by atoms with Crippen molar-refractivity contribution in [2.75, 3.05) is 19.7 Å². The van der Waals surface area contributed by atoms with Gasteiger partial charge in [0, 0.05) is 37.9 Å². The Kier molecular flexibility index (Phi) is 6.16. The van der Waals surface area contributed by atoms with Crippen molar-refractivity contribution >= 4 is 17.5 Å². The number of hydrogen-bond acceptors (Lipinski definition) is 4. The van der Waals surface area contributed by atoms with Crippen LogP contribution in [0.15, 0.2) is 30.6 Å². The van der Waals surface area contributed by atoms with Crippen molar-refractivity contribution in [3.05, 3.63) is 47.0 Å². The number of halogens is 1. The van der Waals surface area contributed by atoms with E-state index >= 15 is 0 Å². The number of hydrogen-bond donors (Lipinski definition) is 1. The molecule has 1 aromatic carbocycles. The Morgan fingerprint density at radius 2 is 2.31 bits per heavy atom. The van der Waals surface area contributed by atoms with Crippen LogP contribution in [0.4, 0.5) is 0 Å². The van der Waals surface area contributed by atoms with Gasteiger partial charge in [0.25, 0.3) is 5.91 Å². The van der Waals surface area contributed by atoms with E-state index in [1.807, 2.05) is 18.3 Å². The molecule has 2 heterocycles. The highest BCUT2D eigenvalue weighted by molar-refractivity contribution is 6.32. The molecule has 3 rings (SSSR count). The Hall–Kier alpha value is -2.05. The van der Waals surface area contributed by atoms with Crippen LogP contribution in [0.5, 0.6) is 5.75 Å². The van der Waals surface area contributed by atoms with Crippen molar-refractivity contribution < 1.29 is 9.53 Å². The Balaban J connectivity index is 1.63. The van der Waals surface area contributed by atoms with Crippen molar-refractivity contribution in [2.24, 2.45) is 5.73 Å². The minimum absolute atomic E-state index is 0.170. The number of carbonyl (C=O) groups excluding carboxylic acids is 1. The number of piperidine rings is 1. The number of primary amides is 1. The maximum Gasteiger partial charge on any atom is 0.255 e. The summed E-state index contributed by atoms with van der Waals surface area (Å²) in [5.74, 6) is 1.61. The van der Waals surface area contributed by atoms with E-state index in [4.69, 9.17) is 22.1 Å². The molecule has 1 aliphatic heterocycles. The number of aryl methyl sites for hydroxylation is 1. The first-order chi connectivity index (χ1) is 12.6. The zero-order valence-electron chi connectivity index (χ0n) is 15.0. The van der Waals surface area contributed by atoms with Crippen LogP contribution in [0, 0.1) is 0 Å². The topological polar surface area (TPSA) is 73.4 Å². The molecule has 0 spiro atoms. The molecule has 2 N–H and O–H groups in total. The van der Waals surface area contributed by atoms with Crippen molar-refractivity contribution in [3.63, 3.8) is 0 Å². The molecule has 7 heteroatoms. The van der Waals surface area contributed by atoms with Crippen molar-refractivity contribution in [3.8, 4) is 5.75 Å². The standard InChI is InChI=1S/C19H25ClN4O2/c1-2-24-9-7-22-19(24)15-4-3-8-23(12-15)11-14-5-6-17(16(20)10-14)26-13-18(21)25/h5-7,9-10,15H,2-4,8,11-13H2,1H3,(H2,21,25)/t15-/m1/s1. The molecule has 1 aliphatic rings. The van der Waals surface area contributed by atoms with Gasteiger partial charge in [-0.05, 0) is 44.0 Å². The summed E-state index contributed by atoms with van der Waals surface area (Å²) in [7, 11) is 0. The van der Waals surface area contributed by atoms with Crippen LogP contribution in [0.25, 0.3) is 0 Å². The van der Waals surface area contributed by atoms with Gasteiger partial charge in [-0.1, -0.05) is 17.7 Å². The van der Waals surface area contributed by atoms with Gasteiger partial charge in [0.05, 0.1) is 5.02 Å². The lowest BCUT2D eigenvalue weighted by Gasteiger charge is -2.32. The van der Waals surface area contributed by atoms with Crippen LogP contribution < -0.4 is 10.5 Å². The van der Waals surface area contributed by atoms with E-state index in [-0.39, 0.29) is 6.61 Å². The minimum atomic E-state index is -0.519. The molecule has 0 saturated carbocycles. The maximum atomic E-state index is 10.8. The average Bonchev–Trinajstić information content (AvgIpc) is 3.10. The SMILES string of the molecule is CCn1ccnc1[C@@H]1CCCN(Cc2ccc(OCC(N)=O)c(Cl)c2)C1. The Morgan fingerprint density at radius 1 is 1.46 bits per heavy atom. The van der Waals surface area contributed by atoms with Crippen LogP contribution >= 0.6 is 11.6 Å². The second-order valence-corrected chi connectivity index (χ2v) is 7.07. The third-order valence-electron chi connectivity index (χ3n) is 4.73. The molecule has 26 heavy (non-hydrogen) atoms. The quantitative estimate of drug-likeness (QED) is 0.806. The van der Waals surface area contributed by atoms with Crippen molar-refractivity contribution in [1.29, 1.82) is 0 Å². The molecule has 0 bridgehead atoms. The predicted octanol–water partition coefficient (Wildman–Crippen LogP) is 2.80. The van der Waals surface area contributed by atoms with E-state index in [9.17, 15) is 4.79 Å². The number of rotatable bonds is 7. The number of carbonyl (C=O) groups is 1. The normalized spacial score (nSPS) is 18.0. The lowest BCUT2D eigenvalue weighted by Crippen LogP contribution is -2.34. The average molecular weight is 377 g/mol. The van der Waals surface area contributed by atoms with Gasteiger partial charge in [0.1, 0.15) is 11.6 Å². The summed E-state index contributed by atoms with van der Waals surface area (Å²) in [6, 6.07) is 5.68. The summed E-state index contributed by atoms with van der Waals surface area (Å²) >= 11 is 6.27. The number of nitrogens with zero attached hydrogens (tertiary/aromatic N) is 3. The Morgan fingerprint density at radius 3 is 3.04 bits per heavy atom. The van der Waals surface area contributed by atoms with Crippen molar-refractivity contribution in [1.82, 2.24) is 14.5 Å². The predicted molar refractivity (Wildman–Crippen MR) is 101 cm³/mol. The number of nitrogens with two attached hydrogens (primary N) is 1. The first kappa shape index (κ1) is 18.7. The Bertz CT molecular complexity index is 762. The number of amides is 1. The molecule has 0 aliphatic carbocycles. The first-order valence-electron chi connectivity index (χ1n) is 8.99. The van der Waals surface area contributed by atoms with Crippen LogP contribution in [0.1, 0.15) is 37.1 Å². The highest BCUT2D eigenvalue weighted by Crippen LogP contribution is 2.29. The molecule has 140 valence electrons. The van der Waals surface area contributed by atoms with E-state index in [0.717, 1.165) is 38.2 Å². The van der Waals surface area contributed by atoms with Gasteiger partial charge in [0.15, 0.2) is 6.61 Å². The van der Waals surface area contributed by atoms with Crippen LogP contribution in [-0.4, -0.2) is 40.1 Å². The summed E-state index contributed by atoms with van der Waals surface area (Å²) in [6.45, 7) is 5.83. The molecule has 1 fully saturated rings. The smallest absolute Gasteiger partial charge is 0.255 e. The van der Waals surface area contributed by atoms with Gasteiger partial charge in [-0.2, -0.15) is 0 Å². The summed E-state index contributed by atoms with van der Waals surface area (Å²) in [5, 5.41) is 0.499. The van der Waals surface area contributed by atoms with Crippen molar-refractivity contribution in [2.45, 2.75) is 38.8 Å². The van der Waals surface area contributed by atoms with Gasteiger partial charge in [-0.15, -0.1) is 0 Å². The lowest BCUT2D eigenvalue weighted by atomic mass is 9.96. The monoisotopic (exact) mass is 376 g/mol. The van der Waals surface area contributed by atoms with Crippen LogP contribution in [0.3, 0.4) is 0 Å². The molecule has 6 nitrogen and oxygen atoms in total. The van der Waals surface area contributed by atoms with Gasteiger partial charge < -0.3 is 15.0 Å². The zero-order valence-corrected chi connectivity index (χ0v) is 15.8. The fourth-order valence-electron chi connectivity index (χ4n) is 3.52. The van der Waals surface area contributed by atoms with E-state index in [1.165, 1.54) is 12.2 Å². The molecule has 1 amide bonds. The lowest BCUT2D eigenvalue weighted by molar-refractivity contribution is -0.119. The van der Waals surface area contributed by atoms with Gasteiger partial charge >= 0.3 is 0 Å². The largest absolute Gasteiger partial charge is 0.482 e. The summed E-state index contributed by atoms with van der Waals surface area (Å²) in [5.41, 5.74) is 6.22. The van der Waals surface area contributed by atoms with Gasteiger partial charge in [-0.25, -0.2) is 4.98 Å². The van der Waals surface area contributed by atoms with Crippen LogP contribution in [-0.2, 0) is 17.9 Å². The molecule has 0 unspecified atom stereocenters. The molecule has 2 aromatic rings. The molecule has 1 aromatic heterocycles. The summed E-state index contributed by atoms with van der Waals surface area (Å²) < 4.78 is 7.54. The fourth-order valence-corrected chi connectivity index (χ4v) is 3.78. The second kappa shape index (κ2) is 8.56. The van der Waals surface area contributed by atoms with E-state index in [0.29, 0.717) is 16.7 Å². The highest BCUT2D eigenvalue weighted by Gasteiger charge is 2.24. The third kappa shape index (κ3) is 4.56. The molecule has 0 radical (unpaired) electrons. The van der Waals surface area contributed by atoms with E-state index in [1.54, 1.807) is 6.07 Å². The first-order valence-corrected chi connectivity index (χ1v) is 9.37. The number of likely N-dealkylation sites (tertiary alicyclic amines) is 1. The molecular formula is C19H25ClN4O2. The minimum Gasteiger partial charge on any atom is -0.482 e. The van der Waals surface area contributed by atoms with E-state index < -0.39 is 5.91 Å². The number of ether oxygens (including phenoxy) is 1. The third-order valence-corrected chi connectivity index (χ3v) is 5.03. The van der Waals surface area contributed by atoms with Gasteiger partial charge in [-0.3, -0.25) is 9.69 Å². The zero-order chi connectivity index (χ0) is 18.5. The van der Waals surface area contributed by atoms with Gasteiger partial charge in [0.2, 0.25) is 0 Å². The summed E-state index contributed by atoms with van der Waals surface area (Å²) in [6.07, 6.45) is 6.28. The molecule has 1 saturated heterocycles. The second-order valence-electron chi connectivity index (χ2n) is 6.67. The molecular weight excluding hydrogens is 352 g/mol. The number of imidazole rings is 1. The maximum absolute atomic E-state index is 10.8. The number of aromatic nitrogens is 2. The van der Waals surface area contributed by atoms with Crippen LogP contribution in [0.2, 0.25) is 5.02 Å². The summed E-state index contributed by atoms with van der Waals surface area (Å²) in [4.78, 5) is 17.8. The highest BCUT2D eigenvalue weighted by atomic mass is 35.5.